The molecule has 130 valence electrons. The molecule has 0 bridgehead atoms. The molecule has 0 amide bonds. The molecule has 1 heterocycles. The molecule has 2 aliphatic carbocycles. The fourth-order valence-electron chi connectivity index (χ4n) is 4.54. The van der Waals surface area contributed by atoms with Gasteiger partial charge in [-0.1, -0.05) is 40.5 Å². The number of halogens is 1. The minimum Gasteiger partial charge on any atom is -0.489 e. The lowest BCUT2D eigenvalue weighted by Gasteiger charge is -2.31. The van der Waals surface area contributed by atoms with Crippen molar-refractivity contribution in [1.29, 1.82) is 0 Å². The van der Waals surface area contributed by atoms with Crippen molar-refractivity contribution in [1.82, 2.24) is 0 Å². The highest BCUT2D eigenvalue weighted by Gasteiger charge is 2.63. The summed E-state index contributed by atoms with van der Waals surface area (Å²) in [5, 5.41) is 0.281. The molecule has 0 N–H and O–H groups in total. The molecule has 2 nitrogen and oxygen atoms in total. The fourth-order valence-corrected chi connectivity index (χ4v) is 4.82. The highest BCUT2D eigenvalue weighted by Crippen LogP contribution is 2.66. The zero-order chi connectivity index (χ0) is 17.7. The molecule has 3 rings (SSSR count). The molecule has 2 fully saturated rings. The molecule has 3 heteroatoms. The van der Waals surface area contributed by atoms with E-state index in [1.807, 2.05) is 0 Å². The Morgan fingerprint density at radius 2 is 2.08 bits per heavy atom. The first-order valence-corrected chi connectivity index (χ1v) is 9.19. The lowest BCUT2D eigenvalue weighted by atomic mass is 9.69. The molecule has 0 aromatic carbocycles. The first-order valence-electron chi connectivity index (χ1n) is 8.81. The summed E-state index contributed by atoms with van der Waals surface area (Å²) >= 11 is 6.39. The molecule has 24 heavy (non-hydrogen) atoms. The van der Waals surface area contributed by atoms with E-state index >= 15 is 0 Å². The second kappa shape index (κ2) is 5.91. The number of carbonyl (C=O) groups is 1. The van der Waals surface area contributed by atoms with Gasteiger partial charge >= 0.3 is 0 Å². The Bertz CT molecular complexity index is 701. The van der Waals surface area contributed by atoms with Crippen LogP contribution in [0, 0.1) is 11.3 Å². The third-order valence-corrected chi connectivity index (χ3v) is 6.28. The van der Waals surface area contributed by atoms with Crippen LogP contribution in [-0.2, 0) is 9.53 Å². The summed E-state index contributed by atoms with van der Waals surface area (Å²) in [6.45, 7) is 10.8. The van der Waals surface area contributed by atoms with E-state index in [1.54, 1.807) is 6.08 Å². The van der Waals surface area contributed by atoms with E-state index in [1.165, 1.54) is 16.7 Å². The zero-order valence-corrected chi connectivity index (χ0v) is 16.1. The van der Waals surface area contributed by atoms with Gasteiger partial charge in [0.25, 0.3) is 0 Å². The van der Waals surface area contributed by atoms with Gasteiger partial charge < -0.3 is 4.74 Å². The summed E-state index contributed by atoms with van der Waals surface area (Å²) in [6.07, 6.45) is 9.86. The normalized spacial score (nSPS) is 34.2. The van der Waals surface area contributed by atoms with Crippen molar-refractivity contribution in [2.75, 3.05) is 0 Å². The quantitative estimate of drug-likeness (QED) is 0.600. The topological polar surface area (TPSA) is 26.3 Å². The highest BCUT2D eigenvalue weighted by atomic mass is 35.5. The largest absolute Gasteiger partial charge is 0.489 e. The number of hydrogen-bond acceptors (Lipinski definition) is 2. The Labute approximate surface area is 150 Å². The van der Waals surface area contributed by atoms with Crippen LogP contribution in [0.1, 0.15) is 60.3 Å². The SMILES string of the molecule is CC(C)=CCC[C@]1(C)OC2=C(Cl)C(=O)C=C[C@@]23CC(=C(C)C)C[C@@H]13. The average Bonchev–Trinajstić information content (AvgIpc) is 2.98. The van der Waals surface area contributed by atoms with Gasteiger partial charge in [-0.2, -0.15) is 0 Å². The first kappa shape index (κ1) is 17.5. The highest BCUT2D eigenvalue weighted by molar-refractivity contribution is 6.45. The van der Waals surface area contributed by atoms with Crippen LogP contribution in [0.3, 0.4) is 0 Å². The second-order valence-corrected chi connectivity index (χ2v) is 8.53. The molecule has 0 aromatic rings. The standard InChI is InChI=1S/C21H27ClO2/c1-13(2)7-6-9-20(5)17-11-15(14(3)4)12-21(17)10-8-16(23)18(22)19(21)24-20/h7-8,10,17H,6,9,11-12H2,1-5H3/t17-,20-,21-/m0/s1. The monoisotopic (exact) mass is 346 g/mol. The van der Waals surface area contributed by atoms with E-state index in [-0.39, 0.29) is 21.8 Å². The molecule has 1 saturated carbocycles. The fraction of sp³-hybridized carbons (Fsp3) is 0.571. The molecule has 3 atom stereocenters. The van der Waals surface area contributed by atoms with Crippen molar-refractivity contribution >= 4 is 17.4 Å². The van der Waals surface area contributed by atoms with Crippen LogP contribution in [-0.4, -0.2) is 11.4 Å². The Kier molecular flexibility index (Phi) is 4.32. The number of rotatable bonds is 3. The molecule has 1 aliphatic heterocycles. The predicted octanol–water partition coefficient (Wildman–Crippen LogP) is 5.84. The van der Waals surface area contributed by atoms with Gasteiger partial charge in [0.1, 0.15) is 16.4 Å². The number of hydrogen-bond donors (Lipinski definition) is 0. The maximum Gasteiger partial charge on any atom is 0.200 e. The van der Waals surface area contributed by atoms with Crippen molar-refractivity contribution in [2.45, 2.75) is 65.9 Å². The molecule has 3 aliphatic rings. The lowest BCUT2D eigenvalue weighted by molar-refractivity contribution is -0.111. The summed E-state index contributed by atoms with van der Waals surface area (Å²) in [6, 6.07) is 0. The summed E-state index contributed by atoms with van der Waals surface area (Å²) in [4.78, 5) is 12.1. The van der Waals surface area contributed by atoms with E-state index in [9.17, 15) is 4.79 Å². The third kappa shape index (κ3) is 2.60. The maximum atomic E-state index is 12.1. The summed E-state index contributed by atoms with van der Waals surface area (Å²) in [5.41, 5.74) is 3.68. The summed E-state index contributed by atoms with van der Waals surface area (Å²) in [5.74, 6) is 0.932. The van der Waals surface area contributed by atoms with Gasteiger partial charge in [-0.25, -0.2) is 0 Å². The Morgan fingerprint density at radius 3 is 2.71 bits per heavy atom. The molecule has 1 saturated heterocycles. The van der Waals surface area contributed by atoms with Gasteiger partial charge in [0, 0.05) is 5.92 Å². The van der Waals surface area contributed by atoms with Crippen LogP contribution in [0.4, 0.5) is 0 Å². The number of ketones is 1. The van der Waals surface area contributed by atoms with Gasteiger partial charge in [0.05, 0.1) is 5.41 Å². The smallest absolute Gasteiger partial charge is 0.200 e. The van der Waals surface area contributed by atoms with E-state index in [4.69, 9.17) is 16.3 Å². The van der Waals surface area contributed by atoms with Gasteiger partial charge in [-0.15, -0.1) is 0 Å². The Balaban J connectivity index is 2.04. The zero-order valence-electron chi connectivity index (χ0n) is 15.3. The average molecular weight is 347 g/mol. The Hall–Kier alpha value is -1.28. The van der Waals surface area contributed by atoms with E-state index in [0.717, 1.165) is 31.4 Å². The van der Waals surface area contributed by atoms with Crippen LogP contribution in [0.2, 0.25) is 0 Å². The van der Waals surface area contributed by atoms with Crippen LogP contribution >= 0.6 is 11.6 Å². The number of carbonyl (C=O) groups excluding carboxylic acids is 1. The van der Waals surface area contributed by atoms with Crippen LogP contribution in [0.25, 0.3) is 0 Å². The maximum absolute atomic E-state index is 12.1. The number of ether oxygens (including phenoxy) is 1. The predicted molar refractivity (Wildman–Crippen MR) is 98.7 cm³/mol. The second-order valence-electron chi connectivity index (χ2n) is 8.15. The van der Waals surface area contributed by atoms with E-state index in [0.29, 0.717) is 5.92 Å². The van der Waals surface area contributed by atoms with Crippen LogP contribution < -0.4 is 0 Å². The third-order valence-electron chi connectivity index (χ3n) is 5.92. The first-order chi connectivity index (χ1) is 11.2. The van der Waals surface area contributed by atoms with Gasteiger partial charge in [-0.05, 0) is 66.4 Å². The van der Waals surface area contributed by atoms with Gasteiger partial charge in [-0.3, -0.25) is 4.79 Å². The minimum absolute atomic E-state index is 0.129. The summed E-state index contributed by atoms with van der Waals surface area (Å²) in [7, 11) is 0. The van der Waals surface area contributed by atoms with Crippen molar-refractivity contribution in [2.24, 2.45) is 11.3 Å². The van der Waals surface area contributed by atoms with Gasteiger partial charge in [0.15, 0.2) is 5.78 Å². The molecule has 0 radical (unpaired) electrons. The molecule has 0 aromatic heterocycles. The van der Waals surface area contributed by atoms with Crippen LogP contribution in [0.15, 0.2) is 45.7 Å². The lowest BCUT2D eigenvalue weighted by Crippen LogP contribution is -2.35. The minimum atomic E-state index is -0.284. The van der Waals surface area contributed by atoms with E-state index in [2.05, 4.69) is 46.8 Å². The van der Waals surface area contributed by atoms with Crippen molar-refractivity contribution in [3.05, 3.63) is 45.7 Å². The number of allylic oxidation sites excluding steroid dienone is 7. The summed E-state index contributed by atoms with van der Waals surface area (Å²) < 4.78 is 6.43. The van der Waals surface area contributed by atoms with Crippen molar-refractivity contribution < 1.29 is 9.53 Å². The van der Waals surface area contributed by atoms with E-state index < -0.39 is 0 Å². The molecular formula is C21H27ClO2. The molecule has 1 spiro atoms. The molecule has 0 unspecified atom stereocenters. The van der Waals surface area contributed by atoms with Gasteiger partial charge in [0.2, 0.25) is 0 Å². The van der Waals surface area contributed by atoms with Crippen molar-refractivity contribution in [3.8, 4) is 0 Å². The van der Waals surface area contributed by atoms with Crippen LogP contribution in [0.5, 0.6) is 0 Å². The van der Waals surface area contributed by atoms with Crippen molar-refractivity contribution in [3.63, 3.8) is 0 Å². The Morgan fingerprint density at radius 1 is 1.38 bits per heavy atom. The molecular weight excluding hydrogens is 320 g/mol.